The summed E-state index contributed by atoms with van der Waals surface area (Å²) in [6.07, 6.45) is -0.605. The largest absolute Gasteiger partial charge is 0.508 e. The summed E-state index contributed by atoms with van der Waals surface area (Å²) in [6.45, 7) is 1.89. The lowest BCUT2D eigenvalue weighted by molar-refractivity contribution is -0.126. The van der Waals surface area contributed by atoms with Gasteiger partial charge in [0.25, 0.3) is 0 Å². The van der Waals surface area contributed by atoms with E-state index in [-0.39, 0.29) is 12.2 Å². The molecule has 0 saturated carbocycles. The van der Waals surface area contributed by atoms with Gasteiger partial charge in [-0.2, -0.15) is 0 Å². The van der Waals surface area contributed by atoms with Crippen LogP contribution in [0.4, 0.5) is 4.79 Å². The Bertz CT molecular complexity index is 733. The fourth-order valence-electron chi connectivity index (χ4n) is 2.62. The molecule has 2 amide bonds. The van der Waals surface area contributed by atoms with E-state index in [2.05, 4.69) is 10.6 Å². The van der Waals surface area contributed by atoms with Crippen molar-refractivity contribution in [1.82, 2.24) is 10.6 Å². The number of carboxylic acid groups (broad SMARTS) is 1. The minimum Gasteiger partial charge on any atom is -0.508 e. The summed E-state index contributed by atoms with van der Waals surface area (Å²) in [5, 5.41) is 24.0. The number of hydrogen-bond donors (Lipinski definition) is 4. The highest BCUT2D eigenvalue weighted by Gasteiger charge is 2.35. The van der Waals surface area contributed by atoms with Crippen LogP contribution in [0.1, 0.15) is 18.1 Å². The van der Waals surface area contributed by atoms with Gasteiger partial charge in [-0.15, -0.1) is 0 Å². The molecule has 0 aliphatic carbocycles. The first-order valence-corrected chi connectivity index (χ1v) is 8.01. The third kappa shape index (κ3) is 5.24. The monoisotopic (exact) mass is 342 g/mol. The first-order chi connectivity index (χ1) is 11.9. The Hall–Kier alpha value is -3.02. The standard InChI is InChI=1S/C19H22N2O4/c1-19(21-18(24)25,13-15-9-5-6-10-16(15)22)17(23)20-12-11-14-7-3-2-4-8-14/h2-10,21-22H,11-13H2,1H3,(H,20,23)(H,24,25). The fraction of sp³-hybridized carbons (Fsp3) is 0.263. The molecule has 6 heteroatoms. The molecule has 0 spiro atoms. The number of hydrogen-bond acceptors (Lipinski definition) is 3. The number of para-hydroxylation sites is 1. The van der Waals surface area contributed by atoms with E-state index in [0.29, 0.717) is 18.5 Å². The molecule has 1 atom stereocenters. The van der Waals surface area contributed by atoms with Crippen LogP contribution in [0.5, 0.6) is 5.75 Å². The highest BCUT2D eigenvalue weighted by Crippen LogP contribution is 2.22. The fourth-order valence-corrected chi connectivity index (χ4v) is 2.62. The summed E-state index contributed by atoms with van der Waals surface area (Å²) < 4.78 is 0. The Kier molecular flexibility index (Phi) is 6.00. The number of nitrogens with one attached hydrogen (secondary N) is 2. The van der Waals surface area contributed by atoms with Gasteiger partial charge in [-0.3, -0.25) is 4.79 Å². The maximum atomic E-state index is 12.6. The first-order valence-electron chi connectivity index (χ1n) is 8.01. The molecule has 0 aliphatic rings. The summed E-state index contributed by atoms with van der Waals surface area (Å²) in [5.74, 6) is -0.410. The van der Waals surface area contributed by atoms with Crippen molar-refractivity contribution in [3.63, 3.8) is 0 Å². The van der Waals surface area contributed by atoms with Crippen molar-refractivity contribution in [2.45, 2.75) is 25.3 Å². The Morgan fingerprint density at radius 1 is 1.04 bits per heavy atom. The van der Waals surface area contributed by atoms with Gasteiger partial charge in [-0.05, 0) is 30.5 Å². The maximum absolute atomic E-state index is 12.6. The number of phenols is 1. The van der Waals surface area contributed by atoms with Crippen molar-refractivity contribution >= 4 is 12.0 Å². The zero-order chi connectivity index (χ0) is 18.3. The Morgan fingerprint density at radius 3 is 2.32 bits per heavy atom. The molecular formula is C19H22N2O4. The lowest BCUT2D eigenvalue weighted by atomic mass is 9.91. The predicted molar refractivity (Wildman–Crippen MR) is 94.5 cm³/mol. The van der Waals surface area contributed by atoms with Crippen LogP contribution in [0.2, 0.25) is 0 Å². The van der Waals surface area contributed by atoms with Crippen LogP contribution in [-0.4, -0.2) is 34.3 Å². The highest BCUT2D eigenvalue weighted by molar-refractivity contribution is 5.89. The van der Waals surface area contributed by atoms with Gasteiger partial charge in [0.15, 0.2) is 0 Å². The van der Waals surface area contributed by atoms with E-state index in [0.717, 1.165) is 5.56 Å². The molecule has 0 aromatic heterocycles. The third-order valence-electron chi connectivity index (χ3n) is 3.96. The summed E-state index contributed by atoms with van der Waals surface area (Å²) in [5.41, 5.74) is 0.190. The highest BCUT2D eigenvalue weighted by atomic mass is 16.4. The van der Waals surface area contributed by atoms with Crippen LogP contribution in [0, 0.1) is 0 Å². The van der Waals surface area contributed by atoms with E-state index < -0.39 is 17.5 Å². The van der Waals surface area contributed by atoms with E-state index in [4.69, 9.17) is 5.11 Å². The summed E-state index contributed by atoms with van der Waals surface area (Å²) in [4.78, 5) is 23.7. The molecule has 0 fully saturated rings. The molecule has 25 heavy (non-hydrogen) atoms. The number of carbonyl (C=O) groups excluding carboxylic acids is 1. The SMILES string of the molecule is CC(Cc1ccccc1O)(NC(=O)O)C(=O)NCCc1ccccc1. The average Bonchev–Trinajstić information content (AvgIpc) is 2.57. The molecular weight excluding hydrogens is 320 g/mol. The van der Waals surface area contributed by atoms with Gasteiger partial charge in [0.1, 0.15) is 11.3 Å². The van der Waals surface area contributed by atoms with Crippen LogP contribution in [0.3, 0.4) is 0 Å². The average molecular weight is 342 g/mol. The molecule has 2 aromatic rings. The second-order valence-electron chi connectivity index (χ2n) is 6.06. The van der Waals surface area contributed by atoms with E-state index in [1.165, 1.54) is 13.0 Å². The molecule has 0 heterocycles. The zero-order valence-corrected chi connectivity index (χ0v) is 14.0. The van der Waals surface area contributed by atoms with Crippen LogP contribution in [-0.2, 0) is 17.6 Å². The minimum atomic E-state index is -1.39. The van der Waals surface area contributed by atoms with Crippen molar-refractivity contribution in [3.8, 4) is 5.75 Å². The van der Waals surface area contributed by atoms with Gasteiger partial charge in [0, 0.05) is 13.0 Å². The van der Waals surface area contributed by atoms with E-state index in [9.17, 15) is 14.7 Å². The van der Waals surface area contributed by atoms with Crippen molar-refractivity contribution in [1.29, 1.82) is 0 Å². The molecule has 0 bridgehead atoms. The second-order valence-corrected chi connectivity index (χ2v) is 6.06. The van der Waals surface area contributed by atoms with Gasteiger partial charge in [-0.1, -0.05) is 48.5 Å². The molecule has 132 valence electrons. The lowest BCUT2D eigenvalue weighted by Crippen LogP contribution is -2.58. The molecule has 0 radical (unpaired) electrons. The van der Waals surface area contributed by atoms with E-state index in [1.807, 2.05) is 30.3 Å². The topological polar surface area (TPSA) is 98.7 Å². The minimum absolute atomic E-state index is 0.0259. The number of aromatic hydroxyl groups is 1. The Balaban J connectivity index is 2.05. The van der Waals surface area contributed by atoms with Crippen molar-refractivity contribution in [3.05, 3.63) is 65.7 Å². The van der Waals surface area contributed by atoms with Gasteiger partial charge in [0.2, 0.25) is 5.91 Å². The predicted octanol–water partition coefficient (Wildman–Crippen LogP) is 2.32. The number of rotatable bonds is 7. The van der Waals surface area contributed by atoms with Crippen molar-refractivity contribution in [2.24, 2.45) is 0 Å². The number of amides is 2. The maximum Gasteiger partial charge on any atom is 0.405 e. The molecule has 0 aliphatic heterocycles. The number of phenolic OH excluding ortho intramolecular Hbond substituents is 1. The number of benzene rings is 2. The van der Waals surface area contributed by atoms with Crippen LogP contribution in [0.15, 0.2) is 54.6 Å². The molecule has 0 saturated heterocycles. The Morgan fingerprint density at radius 2 is 1.68 bits per heavy atom. The molecule has 2 rings (SSSR count). The van der Waals surface area contributed by atoms with Crippen LogP contribution >= 0.6 is 0 Å². The molecule has 6 nitrogen and oxygen atoms in total. The van der Waals surface area contributed by atoms with Crippen molar-refractivity contribution < 1.29 is 19.8 Å². The van der Waals surface area contributed by atoms with Gasteiger partial charge in [-0.25, -0.2) is 4.79 Å². The van der Waals surface area contributed by atoms with E-state index >= 15 is 0 Å². The third-order valence-corrected chi connectivity index (χ3v) is 3.96. The smallest absolute Gasteiger partial charge is 0.405 e. The Labute approximate surface area is 146 Å². The van der Waals surface area contributed by atoms with Crippen molar-refractivity contribution in [2.75, 3.05) is 6.54 Å². The van der Waals surface area contributed by atoms with Crippen LogP contribution < -0.4 is 10.6 Å². The van der Waals surface area contributed by atoms with Gasteiger partial charge >= 0.3 is 6.09 Å². The van der Waals surface area contributed by atoms with Crippen LogP contribution in [0.25, 0.3) is 0 Å². The van der Waals surface area contributed by atoms with E-state index in [1.54, 1.807) is 18.2 Å². The van der Waals surface area contributed by atoms with Gasteiger partial charge in [0.05, 0.1) is 0 Å². The molecule has 4 N–H and O–H groups in total. The summed E-state index contributed by atoms with van der Waals surface area (Å²) in [7, 11) is 0. The number of carbonyl (C=O) groups is 2. The summed E-state index contributed by atoms with van der Waals surface area (Å²) in [6, 6.07) is 16.2. The quantitative estimate of drug-likeness (QED) is 0.620. The lowest BCUT2D eigenvalue weighted by Gasteiger charge is -2.28. The molecule has 1 unspecified atom stereocenters. The normalized spacial score (nSPS) is 12.8. The zero-order valence-electron chi connectivity index (χ0n) is 14.0. The molecule has 2 aromatic carbocycles. The first kappa shape index (κ1) is 18.3. The second kappa shape index (κ2) is 8.19. The summed E-state index contributed by atoms with van der Waals surface area (Å²) >= 11 is 0. The van der Waals surface area contributed by atoms with Gasteiger partial charge < -0.3 is 20.8 Å².